The highest BCUT2D eigenvalue weighted by Crippen LogP contribution is 2.62. The summed E-state index contributed by atoms with van der Waals surface area (Å²) < 4.78 is 5.93. The first-order valence-electron chi connectivity index (χ1n) is 7.74. The smallest absolute Gasteiger partial charge is 0.210 e. The number of aromatic hydroxyl groups is 1. The second-order valence-corrected chi connectivity index (χ2v) is 6.72. The summed E-state index contributed by atoms with van der Waals surface area (Å²) in [4.78, 5) is 26.0. The fourth-order valence-corrected chi connectivity index (χ4v) is 5.04. The van der Waals surface area contributed by atoms with Crippen molar-refractivity contribution in [3.05, 3.63) is 35.4 Å². The number of carbonyl (C=O) groups excluding carboxylic acids is 2. The first-order chi connectivity index (χ1) is 11.1. The van der Waals surface area contributed by atoms with Gasteiger partial charge in [-0.2, -0.15) is 0 Å². The average Bonchev–Trinajstić information content (AvgIpc) is 2.90. The molecular weight excluding hydrogens is 298 g/mol. The monoisotopic (exact) mass is 313 g/mol. The molecule has 1 spiro atoms. The average molecular weight is 313 g/mol. The quantitative estimate of drug-likeness (QED) is 0.578. The lowest BCUT2D eigenvalue weighted by Crippen LogP contribution is -2.67. The Hall–Kier alpha value is -2.34. The normalized spacial score (nSPS) is 39.0. The van der Waals surface area contributed by atoms with Crippen molar-refractivity contribution in [2.75, 3.05) is 6.54 Å². The van der Waals surface area contributed by atoms with Crippen molar-refractivity contribution >= 4 is 12.2 Å². The van der Waals surface area contributed by atoms with Crippen LogP contribution in [0.1, 0.15) is 22.3 Å². The maximum absolute atomic E-state index is 13.0. The van der Waals surface area contributed by atoms with Gasteiger partial charge in [-0.25, -0.2) is 0 Å². The number of benzene rings is 1. The fourth-order valence-electron chi connectivity index (χ4n) is 5.04. The molecule has 2 bridgehead atoms. The number of ether oxygens (including phenoxy) is 1. The van der Waals surface area contributed by atoms with E-state index in [1.807, 2.05) is 6.08 Å². The Bertz CT molecular complexity index is 787. The molecule has 0 saturated carbocycles. The number of phenols is 1. The lowest BCUT2D eigenvalue weighted by atomic mass is 9.53. The van der Waals surface area contributed by atoms with E-state index in [0.717, 1.165) is 6.41 Å². The van der Waals surface area contributed by atoms with Crippen LogP contribution >= 0.6 is 0 Å². The molecular formula is C17H15NO5. The topological polar surface area (TPSA) is 87.1 Å². The Morgan fingerprint density at radius 1 is 1.35 bits per heavy atom. The Morgan fingerprint density at radius 2 is 2.17 bits per heavy atom. The van der Waals surface area contributed by atoms with E-state index in [4.69, 9.17) is 4.74 Å². The van der Waals surface area contributed by atoms with E-state index in [1.165, 1.54) is 6.07 Å². The number of likely N-dealkylation sites (tertiary alicyclic amines) is 1. The van der Waals surface area contributed by atoms with Crippen molar-refractivity contribution in [2.45, 2.75) is 30.1 Å². The number of nitrogens with zero attached hydrogens (tertiary/aromatic N) is 1. The molecule has 1 saturated heterocycles. The van der Waals surface area contributed by atoms with E-state index in [0.29, 0.717) is 29.8 Å². The second kappa shape index (κ2) is 3.94. The zero-order chi connectivity index (χ0) is 15.9. The lowest BCUT2D eigenvalue weighted by Gasteiger charge is -2.55. The zero-order valence-electron chi connectivity index (χ0n) is 12.2. The minimum Gasteiger partial charge on any atom is -0.504 e. The molecule has 1 aromatic rings. The summed E-state index contributed by atoms with van der Waals surface area (Å²) in [5, 5.41) is 20.6. The molecule has 1 aromatic carbocycles. The van der Waals surface area contributed by atoms with Crippen LogP contribution in [0, 0.1) is 5.92 Å². The van der Waals surface area contributed by atoms with Crippen molar-refractivity contribution in [1.82, 2.24) is 4.90 Å². The molecule has 1 amide bonds. The van der Waals surface area contributed by atoms with Gasteiger partial charge in [-0.3, -0.25) is 9.59 Å². The molecule has 2 aliphatic carbocycles. The highest BCUT2D eigenvalue weighted by molar-refractivity contribution is 6.06. The summed E-state index contributed by atoms with van der Waals surface area (Å²) in [6, 6.07) is 2.48. The predicted octanol–water partition coefficient (Wildman–Crippen LogP) is 0.365. The number of amides is 1. The number of rotatable bonds is 1. The first kappa shape index (κ1) is 13.1. The van der Waals surface area contributed by atoms with Gasteiger partial charge in [0.15, 0.2) is 17.3 Å². The SMILES string of the molecule is O=CN1CC[C@]23c4c5ccc(O)c4O[C@H]2[C@@H](O)C=C[C@H]3[C@H]1C5=O. The van der Waals surface area contributed by atoms with Crippen LogP contribution in [0.3, 0.4) is 0 Å². The zero-order valence-corrected chi connectivity index (χ0v) is 12.2. The predicted molar refractivity (Wildman–Crippen MR) is 78.3 cm³/mol. The molecule has 5 atom stereocenters. The van der Waals surface area contributed by atoms with Gasteiger partial charge >= 0.3 is 0 Å². The summed E-state index contributed by atoms with van der Waals surface area (Å²) in [6.45, 7) is 0.436. The lowest BCUT2D eigenvalue weighted by molar-refractivity contribution is -0.125. The van der Waals surface area contributed by atoms with Crippen LogP contribution in [-0.4, -0.2) is 52.1 Å². The van der Waals surface area contributed by atoms with Crippen LogP contribution in [0.25, 0.3) is 0 Å². The number of phenolic OH excluding ortho intramolecular Hbond substituents is 1. The van der Waals surface area contributed by atoms with Crippen LogP contribution in [0.5, 0.6) is 11.5 Å². The Balaban J connectivity index is 1.87. The van der Waals surface area contributed by atoms with E-state index in [-0.39, 0.29) is 17.5 Å². The summed E-state index contributed by atoms with van der Waals surface area (Å²) in [7, 11) is 0. The van der Waals surface area contributed by atoms with Crippen molar-refractivity contribution in [1.29, 1.82) is 0 Å². The molecule has 2 aliphatic heterocycles. The van der Waals surface area contributed by atoms with Crippen LogP contribution in [0.15, 0.2) is 24.3 Å². The highest BCUT2D eigenvalue weighted by atomic mass is 16.5. The standard InChI is InChI=1S/C17H15NO5/c19-7-18-6-5-17-9-2-4-11(21)16(17)23-15-10(20)3-1-8(12(15)17)14(22)13(9)18/h1-4,7,9,11,13,16,20-21H,5-6H2/t9-,11-,13-,16-,17-/m0/s1. The number of aliphatic hydroxyl groups excluding tert-OH is 1. The van der Waals surface area contributed by atoms with Gasteiger partial charge < -0.3 is 19.8 Å². The molecule has 0 radical (unpaired) electrons. The van der Waals surface area contributed by atoms with Gasteiger partial charge in [-0.1, -0.05) is 12.2 Å². The molecule has 5 rings (SSSR count). The summed E-state index contributed by atoms with van der Waals surface area (Å²) in [5.41, 5.74) is 0.647. The Labute approximate surface area is 132 Å². The van der Waals surface area contributed by atoms with Gasteiger partial charge in [0.2, 0.25) is 6.41 Å². The fraction of sp³-hybridized carbons (Fsp3) is 0.412. The maximum Gasteiger partial charge on any atom is 0.210 e. The van der Waals surface area contributed by atoms with E-state index in [9.17, 15) is 19.8 Å². The number of Topliss-reactive ketones (excluding diaryl/α,β-unsaturated/α-hetero) is 1. The summed E-state index contributed by atoms with van der Waals surface area (Å²) in [6.07, 6.45) is 3.45. The van der Waals surface area contributed by atoms with Crippen molar-refractivity contribution < 1.29 is 24.5 Å². The number of carbonyl (C=O) groups is 2. The molecule has 118 valence electrons. The van der Waals surface area contributed by atoms with Crippen LogP contribution < -0.4 is 4.74 Å². The number of piperidine rings is 1. The maximum atomic E-state index is 13.0. The van der Waals surface area contributed by atoms with Gasteiger partial charge in [0.1, 0.15) is 18.2 Å². The molecule has 2 heterocycles. The molecule has 6 heteroatoms. The largest absolute Gasteiger partial charge is 0.504 e. The number of aliphatic hydroxyl groups is 1. The summed E-state index contributed by atoms with van der Waals surface area (Å²) in [5.74, 6) is -0.0639. The van der Waals surface area contributed by atoms with Gasteiger partial charge in [0.05, 0.1) is 5.41 Å². The minimum absolute atomic E-state index is 0.0115. The molecule has 0 aromatic heterocycles. The highest BCUT2D eigenvalue weighted by Gasteiger charge is 2.66. The van der Waals surface area contributed by atoms with Crippen LogP contribution in [0.2, 0.25) is 0 Å². The third-order valence-electron chi connectivity index (χ3n) is 5.93. The second-order valence-electron chi connectivity index (χ2n) is 6.72. The molecule has 23 heavy (non-hydrogen) atoms. The van der Waals surface area contributed by atoms with Gasteiger partial charge in [-0.15, -0.1) is 0 Å². The number of ketones is 1. The minimum atomic E-state index is -0.803. The van der Waals surface area contributed by atoms with E-state index >= 15 is 0 Å². The number of hydrogen-bond acceptors (Lipinski definition) is 5. The van der Waals surface area contributed by atoms with E-state index in [1.54, 1.807) is 17.0 Å². The van der Waals surface area contributed by atoms with Gasteiger partial charge in [0, 0.05) is 23.6 Å². The van der Waals surface area contributed by atoms with Crippen LogP contribution in [0.4, 0.5) is 0 Å². The third-order valence-corrected chi connectivity index (χ3v) is 5.93. The molecule has 1 fully saturated rings. The molecule has 4 aliphatic rings. The van der Waals surface area contributed by atoms with Crippen LogP contribution in [-0.2, 0) is 10.2 Å². The Kier molecular flexibility index (Phi) is 2.25. The molecule has 6 nitrogen and oxygen atoms in total. The third kappa shape index (κ3) is 1.26. The van der Waals surface area contributed by atoms with Crippen molar-refractivity contribution in [3.63, 3.8) is 0 Å². The van der Waals surface area contributed by atoms with Crippen molar-refractivity contribution in [2.24, 2.45) is 5.92 Å². The first-order valence-corrected chi connectivity index (χ1v) is 7.74. The van der Waals surface area contributed by atoms with Gasteiger partial charge in [-0.05, 0) is 18.6 Å². The Morgan fingerprint density at radius 3 is 2.96 bits per heavy atom. The number of hydrogen-bond donors (Lipinski definition) is 2. The van der Waals surface area contributed by atoms with E-state index < -0.39 is 23.7 Å². The molecule has 2 N–H and O–H groups in total. The van der Waals surface area contributed by atoms with Gasteiger partial charge in [0.25, 0.3) is 0 Å². The molecule has 0 unspecified atom stereocenters. The summed E-state index contributed by atoms with van der Waals surface area (Å²) >= 11 is 0. The van der Waals surface area contributed by atoms with E-state index in [2.05, 4.69) is 0 Å². The van der Waals surface area contributed by atoms with Crippen molar-refractivity contribution in [3.8, 4) is 11.5 Å².